The lowest BCUT2D eigenvalue weighted by Crippen LogP contribution is -2.31. The van der Waals surface area contributed by atoms with Gasteiger partial charge in [0.1, 0.15) is 11.0 Å². The molecule has 1 fully saturated rings. The van der Waals surface area contributed by atoms with Crippen molar-refractivity contribution in [3.63, 3.8) is 0 Å². The number of carbonyl (C=O) groups is 2. The molecular formula is C20H17ClN2O3S2. The number of rotatable bonds is 5. The number of nitrogens with zero attached hydrogens (tertiary/aromatic N) is 2. The van der Waals surface area contributed by atoms with Crippen molar-refractivity contribution in [3.05, 3.63) is 47.0 Å². The molecule has 1 atom stereocenters. The van der Waals surface area contributed by atoms with Crippen LogP contribution in [0.25, 0.3) is 10.2 Å². The number of ether oxygens (including phenoxy) is 1. The maximum atomic E-state index is 12.9. The quantitative estimate of drug-likeness (QED) is 0.526. The van der Waals surface area contributed by atoms with Crippen molar-refractivity contribution in [2.45, 2.75) is 29.9 Å². The summed E-state index contributed by atoms with van der Waals surface area (Å²) in [6.07, 6.45) is 0.148. The van der Waals surface area contributed by atoms with Crippen LogP contribution in [0.1, 0.15) is 18.9 Å². The molecule has 4 rings (SSSR count). The Morgan fingerprint density at radius 1 is 1.32 bits per heavy atom. The van der Waals surface area contributed by atoms with Crippen LogP contribution < -0.4 is 9.64 Å². The number of benzene rings is 2. The molecule has 1 aliphatic heterocycles. The summed E-state index contributed by atoms with van der Waals surface area (Å²) < 4.78 is 7.28. The van der Waals surface area contributed by atoms with E-state index in [-0.39, 0.29) is 18.2 Å². The minimum absolute atomic E-state index is 0.148. The Balaban J connectivity index is 1.57. The first-order valence-electron chi connectivity index (χ1n) is 8.80. The lowest BCUT2D eigenvalue weighted by molar-refractivity contribution is -0.121. The summed E-state index contributed by atoms with van der Waals surface area (Å²) in [4.78, 5) is 31.3. The second-order valence-electron chi connectivity index (χ2n) is 6.30. The molecule has 8 heteroatoms. The number of thioether (sulfide) groups is 1. The monoisotopic (exact) mass is 432 g/mol. The standard InChI is InChI=1S/C20H17ClN2O3S2/c1-3-26-12-7-8-14-16(9-12)27-20(22-14)28-17-10-18(24)23(19(17)25)15-6-4-5-13(21)11(15)2/h4-9,17H,3,10H2,1-2H3. The molecule has 0 saturated carbocycles. The van der Waals surface area contributed by atoms with E-state index in [1.807, 2.05) is 32.0 Å². The van der Waals surface area contributed by atoms with Gasteiger partial charge in [0.15, 0.2) is 4.34 Å². The molecule has 2 aromatic carbocycles. The highest BCUT2D eigenvalue weighted by molar-refractivity contribution is 8.02. The highest BCUT2D eigenvalue weighted by Crippen LogP contribution is 2.39. The lowest BCUT2D eigenvalue weighted by atomic mass is 10.2. The van der Waals surface area contributed by atoms with E-state index in [1.165, 1.54) is 28.0 Å². The van der Waals surface area contributed by atoms with Gasteiger partial charge in [-0.1, -0.05) is 29.4 Å². The van der Waals surface area contributed by atoms with Crippen LogP contribution in [0.2, 0.25) is 5.02 Å². The Kier molecular flexibility index (Phi) is 5.31. The summed E-state index contributed by atoms with van der Waals surface area (Å²) in [6, 6.07) is 11.0. The minimum Gasteiger partial charge on any atom is -0.494 e. The van der Waals surface area contributed by atoms with Crippen LogP contribution in [-0.4, -0.2) is 28.7 Å². The van der Waals surface area contributed by atoms with Crippen molar-refractivity contribution in [2.24, 2.45) is 0 Å². The third-order valence-electron chi connectivity index (χ3n) is 4.48. The molecule has 1 unspecified atom stereocenters. The Morgan fingerprint density at radius 3 is 2.93 bits per heavy atom. The number of thiazole rings is 1. The molecule has 5 nitrogen and oxygen atoms in total. The zero-order valence-electron chi connectivity index (χ0n) is 15.3. The number of amides is 2. The maximum absolute atomic E-state index is 12.9. The number of hydrogen-bond donors (Lipinski definition) is 0. The Labute approximate surface area is 175 Å². The number of aromatic nitrogens is 1. The molecule has 1 saturated heterocycles. The maximum Gasteiger partial charge on any atom is 0.247 e. The molecule has 1 aliphatic rings. The van der Waals surface area contributed by atoms with E-state index in [2.05, 4.69) is 4.98 Å². The predicted octanol–water partition coefficient (Wildman–Crippen LogP) is 5.08. The van der Waals surface area contributed by atoms with Gasteiger partial charge in [0, 0.05) is 11.4 Å². The first kappa shape index (κ1) is 19.2. The smallest absolute Gasteiger partial charge is 0.247 e. The highest BCUT2D eigenvalue weighted by Gasteiger charge is 2.41. The fourth-order valence-corrected chi connectivity index (χ4v) is 5.63. The number of halogens is 1. The summed E-state index contributed by atoms with van der Waals surface area (Å²) in [7, 11) is 0. The van der Waals surface area contributed by atoms with E-state index >= 15 is 0 Å². The van der Waals surface area contributed by atoms with Crippen LogP contribution in [0.5, 0.6) is 5.75 Å². The first-order valence-corrected chi connectivity index (χ1v) is 10.9. The summed E-state index contributed by atoms with van der Waals surface area (Å²) >= 11 is 9.00. The fourth-order valence-electron chi connectivity index (χ4n) is 3.10. The molecule has 3 aromatic rings. The number of anilines is 1. The molecule has 0 spiro atoms. The summed E-state index contributed by atoms with van der Waals surface area (Å²) in [5.41, 5.74) is 2.13. The van der Waals surface area contributed by atoms with E-state index in [9.17, 15) is 9.59 Å². The predicted molar refractivity (Wildman–Crippen MR) is 114 cm³/mol. The molecule has 0 radical (unpaired) electrons. The van der Waals surface area contributed by atoms with Crippen LogP contribution >= 0.6 is 34.7 Å². The van der Waals surface area contributed by atoms with Crippen LogP contribution in [0.4, 0.5) is 5.69 Å². The van der Waals surface area contributed by atoms with E-state index in [0.717, 1.165) is 25.9 Å². The van der Waals surface area contributed by atoms with E-state index in [4.69, 9.17) is 16.3 Å². The van der Waals surface area contributed by atoms with Crippen molar-refractivity contribution in [2.75, 3.05) is 11.5 Å². The van der Waals surface area contributed by atoms with Gasteiger partial charge in [-0.05, 0) is 49.7 Å². The van der Waals surface area contributed by atoms with Crippen molar-refractivity contribution in [1.82, 2.24) is 4.98 Å². The van der Waals surface area contributed by atoms with Crippen molar-refractivity contribution < 1.29 is 14.3 Å². The van der Waals surface area contributed by atoms with Gasteiger partial charge in [-0.2, -0.15) is 0 Å². The summed E-state index contributed by atoms with van der Waals surface area (Å²) in [5.74, 6) is 0.354. The normalized spacial score (nSPS) is 17.0. The highest BCUT2D eigenvalue weighted by atomic mass is 35.5. The van der Waals surface area contributed by atoms with Crippen LogP contribution in [0.3, 0.4) is 0 Å². The van der Waals surface area contributed by atoms with Crippen molar-refractivity contribution >= 4 is 62.4 Å². The van der Waals surface area contributed by atoms with E-state index in [1.54, 1.807) is 18.2 Å². The van der Waals surface area contributed by atoms with Gasteiger partial charge in [-0.25, -0.2) is 9.88 Å². The molecule has 1 aromatic heterocycles. The third-order valence-corrected chi connectivity index (χ3v) is 7.19. The zero-order chi connectivity index (χ0) is 19.8. The minimum atomic E-state index is -0.488. The molecule has 0 aliphatic carbocycles. The van der Waals surface area contributed by atoms with Crippen LogP contribution in [-0.2, 0) is 9.59 Å². The molecule has 0 N–H and O–H groups in total. The average Bonchev–Trinajstić information content (AvgIpc) is 3.18. The summed E-state index contributed by atoms with van der Waals surface area (Å²) in [5, 5.41) is 0.0447. The Morgan fingerprint density at radius 2 is 2.14 bits per heavy atom. The largest absolute Gasteiger partial charge is 0.494 e. The van der Waals surface area contributed by atoms with Gasteiger partial charge in [-0.3, -0.25) is 9.59 Å². The lowest BCUT2D eigenvalue weighted by Gasteiger charge is -2.17. The van der Waals surface area contributed by atoms with Gasteiger partial charge in [0.05, 0.1) is 22.5 Å². The molecule has 2 amide bonds. The third kappa shape index (κ3) is 3.50. The number of hydrogen-bond acceptors (Lipinski definition) is 6. The van der Waals surface area contributed by atoms with Gasteiger partial charge in [0.25, 0.3) is 0 Å². The fraction of sp³-hybridized carbons (Fsp3) is 0.250. The molecule has 2 heterocycles. The topological polar surface area (TPSA) is 59.5 Å². The van der Waals surface area contributed by atoms with Gasteiger partial charge >= 0.3 is 0 Å². The van der Waals surface area contributed by atoms with Gasteiger partial charge < -0.3 is 4.74 Å². The molecule has 144 valence electrons. The molecular weight excluding hydrogens is 416 g/mol. The summed E-state index contributed by atoms with van der Waals surface area (Å²) in [6.45, 7) is 4.35. The second-order valence-corrected chi connectivity index (χ2v) is 9.19. The first-order chi connectivity index (χ1) is 13.5. The van der Waals surface area contributed by atoms with Gasteiger partial charge in [-0.15, -0.1) is 11.3 Å². The van der Waals surface area contributed by atoms with Gasteiger partial charge in [0.2, 0.25) is 11.8 Å². The Hall–Kier alpha value is -2.09. The van der Waals surface area contributed by atoms with Crippen LogP contribution in [0.15, 0.2) is 40.7 Å². The second kappa shape index (κ2) is 7.73. The zero-order valence-corrected chi connectivity index (χ0v) is 17.7. The van der Waals surface area contributed by atoms with Crippen molar-refractivity contribution in [1.29, 1.82) is 0 Å². The average molecular weight is 433 g/mol. The molecule has 0 bridgehead atoms. The van der Waals surface area contributed by atoms with Crippen molar-refractivity contribution in [3.8, 4) is 5.75 Å². The van der Waals surface area contributed by atoms with Crippen LogP contribution in [0, 0.1) is 6.92 Å². The molecule has 28 heavy (non-hydrogen) atoms. The van der Waals surface area contributed by atoms with E-state index in [0.29, 0.717) is 17.3 Å². The number of carbonyl (C=O) groups excluding carboxylic acids is 2. The SMILES string of the molecule is CCOc1ccc2nc(SC3CC(=O)N(c4cccc(Cl)c4C)C3=O)sc2c1. The van der Waals surface area contributed by atoms with E-state index < -0.39 is 5.25 Å². The Bertz CT molecular complexity index is 1080. The number of fused-ring (bicyclic) bond motifs is 1. The number of imide groups is 1.